The molecule has 0 unspecified atom stereocenters. The quantitative estimate of drug-likeness (QED) is 0.832. The minimum Gasteiger partial charge on any atom is -0.381 e. The second-order valence-corrected chi connectivity index (χ2v) is 7.61. The SMILES string of the molecule is Cc1cc(CN2C[C@H]3CN(CC4CCOCC4)CCO[C@H]3C2)no1. The highest BCUT2D eigenvalue weighted by Gasteiger charge is 2.37. The Morgan fingerprint density at radius 1 is 1.12 bits per heavy atom. The molecule has 4 heterocycles. The van der Waals surface area contributed by atoms with Crippen molar-refractivity contribution in [3.8, 4) is 0 Å². The molecule has 4 rings (SSSR count). The summed E-state index contributed by atoms with van der Waals surface area (Å²) < 4.78 is 16.8. The third-order valence-electron chi connectivity index (χ3n) is 5.61. The van der Waals surface area contributed by atoms with Crippen LogP contribution in [-0.4, -0.2) is 73.6 Å². The van der Waals surface area contributed by atoms with E-state index in [-0.39, 0.29) is 0 Å². The lowest BCUT2D eigenvalue weighted by Gasteiger charge is -2.30. The van der Waals surface area contributed by atoms with Gasteiger partial charge in [-0.15, -0.1) is 0 Å². The van der Waals surface area contributed by atoms with Gasteiger partial charge >= 0.3 is 0 Å². The number of likely N-dealkylation sites (tertiary alicyclic amines) is 1. The van der Waals surface area contributed by atoms with Crippen LogP contribution in [-0.2, 0) is 16.0 Å². The normalized spacial score (nSPS) is 30.4. The maximum Gasteiger partial charge on any atom is 0.133 e. The van der Waals surface area contributed by atoms with Crippen LogP contribution in [0.15, 0.2) is 10.6 Å². The lowest BCUT2D eigenvalue weighted by molar-refractivity contribution is 0.0453. The fourth-order valence-corrected chi connectivity index (χ4v) is 4.36. The van der Waals surface area contributed by atoms with E-state index in [1.807, 2.05) is 13.0 Å². The summed E-state index contributed by atoms with van der Waals surface area (Å²) in [7, 11) is 0. The van der Waals surface area contributed by atoms with Crippen LogP contribution in [0.25, 0.3) is 0 Å². The molecule has 3 saturated heterocycles. The minimum absolute atomic E-state index is 0.373. The second-order valence-electron chi connectivity index (χ2n) is 7.61. The summed E-state index contributed by atoms with van der Waals surface area (Å²) in [5.74, 6) is 2.29. The fraction of sp³-hybridized carbons (Fsp3) is 0.833. The zero-order valence-corrected chi connectivity index (χ0v) is 14.7. The molecular weight excluding hydrogens is 306 g/mol. The molecule has 0 spiro atoms. The molecule has 2 atom stereocenters. The summed E-state index contributed by atoms with van der Waals surface area (Å²) in [6.45, 7) is 11.1. The Kier molecular flexibility index (Phi) is 5.17. The number of nitrogens with zero attached hydrogens (tertiary/aromatic N) is 3. The van der Waals surface area contributed by atoms with Gasteiger partial charge in [0.1, 0.15) is 5.76 Å². The molecular formula is C18H29N3O3. The minimum atomic E-state index is 0.373. The van der Waals surface area contributed by atoms with Crippen molar-refractivity contribution in [1.82, 2.24) is 15.0 Å². The van der Waals surface area contributed by atoms with E-state index in [1.54, 1.807) is 0 Å². The van der Waals surface area contributed by atoms with Crippen LogP contribution >= 0.6 is 0 Å². The van der Waals surface area contributed by atoms with Gasteiger partial charge in [0.2, 0.25) is 0 Å². The number of aromatic nitrogens is 1. The first-order valence-electron chi connectivity index (χ1n) is 9.32. The van der Waals surface area contributed by atoms with Gasteiger partial charge in [-0.05, 0) is 25.7 Å². The zero-order valence-electron chi connectivity index (χ0n) is 14.7. The molecule has 0 aromatic carbocycles. The molecule has 0 amide bonds. The smallest absolute Gasteiger partial charge is 0.133 e. The van der Waals surface area contributed by atoms with Gasteiger partial charge in [-0.1, -0.05) is 5.16 Å². The van der Waals surface area contributed by atoms with Gasteiger partial charge < -0.3 is 18.9 Å². The Hall–Kier alpha value is -0.950. The van der Waals surface area contributed by atoms with Gasteiger partial charge in [0.05, 0.1) is 18.4 Å². The Bertz CT molecular complexity index is 529. The Morgan fingerprint density at radius 2 is 1.96 bits per heavy atom. The van der Waals surface area contributed by atoms with Crippen molar-refractivity contribution < 1.29 is 14.0 Å². The lowest BCUT2D eigenvalue weighted by Crippen LogP contribution is -2.37. The topological polar surface area (TPSA) is 51.0 Å². The summed E-state index contributed by atoms with van der Waals surface area (Å²) in [5, 5.41) is 4.13. The molecule has 0 saturated carbocycles. The highest BCUT2D eigenvalue weighted by Crippen LogP contribution is 2.26. The van der Waals surface area contributed by atoms with Crippen LogP contribution < -0.4 is 0 Å². The van der Waals surface area contributed by atoms with Crippen LogP contribution in [0.4, 0.5) is 0 Å². The Morgan fingerprint density at radius 3 is 2.75 bits per heavy atom. The van der Waals surface area contributed by atoms with Gasteiger partial charge in [-0.2, -0.15) is 0 Å². The number of ether oxygens (including phenoxy) is 2. The standard InChI is InChI=1S/C18H29N3O3/c1-14-8-17(19-24-14)12-21-11-16-10-20(4-7-23-18(16)13-21)9-15-2-5-22-6-3-15/h8,15-16,18H,2-7,9-13H2,1H3/t16-,18+/m1/s1. The predicted molar refractivity (Wildman–Crippen MR) is 89.7 cm³/mol. The molecule has 0 radical (unpaired) electrons. The third-order valence-corrected chi connectivity index (χ3v) is 5.61. The number of hydrogen-bond donors (Lipinski definition) is 0. The molecule has 3 aliphatic heterocycles. The largest absolute Gasteiger partial charge is 0.381 e. The van der Waals surface area contributed by atoms with Crippen molar-refractivity contribution in [2.24, 2.45) is 11.8 Å². The van der Waals surface area contributed by atoms with E-state index < -0.39 is 0 Å². The van der Waals surface area contributed by atoms with E-state index in [1.165, 1.54) is 19.4 Å². The maximum atomic E-state index is 6.17. The van der Waals surface area contributed by atoms with Crippen LogP contribution in [0.2, 0.25) is 0 Å². The van der Waals surface area contributed by atoms with Crippen LogP contribution in [0.3, 0.4) is 0 Å². The average molecular weight is 335 g/mol. The number of fused-ring (bicyclic) bond motifs is 1. The van der Waals surface area contributed by atoms with Gasteiger partial charge in [-0.25, -0.2) is 0 Å². The van der Waals surface area contributed by atoms with Crippen molar-refractivity contribution in [2.75, 3.05) is 52.5 Å². The molecule has 0 aliphatic carbocycles. The van der Waals surface area contributed by atoms with E-state index in [2.05, 4.69) is 15.0 Å². The number of rotatable bonds is 4. The van der Waals surface area contributed by atoms with Crippen LogP contribution in [0.5, 0.6) is 0 Å². The Labute approximate surface area is 144 Å². The van der Waals surface area contributed by atoms with Crippen molar-refractivity contribution >= 4 is 0 Å². The van der Waals surface area contributed by atoms with Gasteiger partial charge in [0.15, 0.2) is 0 Å². The van der Waals surface area contributed by atoms with Crippen LogP contribution in [0.1, 0.15) is 24.3 Å². The molecule has 3 fully saturated rings. The predicted octanol–water partition coefficient (Wildman–Crippen LogP) is 1.54. The molecule has 3 aliphatic rings. The van der Waals surface area contributed by atoms with Crippen molar-refractivity contribution in [2.45, 2.75) is 32.4 Å². The monoisotopic (exact) mass is 335 g/mol. The molecule has 6 heteroatoms. The van der Waals surface area contributed by atoms with Gasteiger partial charge in [-0.3, -0.25) is 4.90 Å². The van der Waals surface area contributed by atoms with Crippen molar-refractivity contribution in [3.05, 3.63) is 17.5 Å². The molecule has 24 heavy (non-hydrogen) atoms. The Balaban J connectivity index is 1.31. The third kappa shape index (κ3) is 3.99. The molecule has 0 N–H and O–H groups in total. The van der Waals surface area contributed by atoms with Gasteiger partial charge in [0.25, 0.3) is 0 Å². The summed E-state index contributed by atoms with van der Waals surface area (Å²) in [6.07, 6.45) is 2.80. The van der Waals surface area contributed by atoms with E-state index in [4.69, 9.17) is 14.0 Å². The van der Waals surface area contributed by atoms with E-state index >= 15 is 0 Å². The maximum absolute atomic E-state index is 6.17. The molecule has 1 aromatic rings. The summed E-state index contributed by atoms with van der Waals surface area (Å²) >= 11 is 0. The summed E-state index contributed by atoms with van der Waals surface area (Å²) in [6, 6.07) is 2.03. The summed E-state index contributed by atoms with van der Waals surface area (Å²) in [4.78, 5) is 5.09. The lowest BCUT2D eigenvalue weighted by atomic mass is 9.98. The van der Waals surface area contributed by atoms with E-state index in [9.17, 15) is 0 Å². The average Bonchev–Trinajstić information content (AvgIpc) is 3.10. The zero-order chi connectivity index (χ0) is 16.4. The number of hydrogen-bond acceptors (Lipinski definition) is 6. The first-order chi connectivity index (χ1) is 11.8. The first kappa shape index (κ1) is 16.5. The van der Waals surface area contributed by atoms with Crippen LogP contribution in [0, 0.1) is 18.8 Å². The molecule has 6 nitrogen and oxygen atoms in total. The van der Waals surface area contributed by atoms with Crippen molar-refractivity contribution in [1.29, 1.82) is 0 Å². The van der Waals surface area contributed by atoms with E-state index in [0.29, 0.717) is 12.0 Å². The first-order valence-corrected chi connectivity index (χ1v) is 9.32. The highest BCUT2D eigenvalue weighted by molar-refractivity contribution is 5.04. The molecule has 0 bridgehead atoms. The number of aryl methyl sites for hydroxylation is 1. The summed E-state index contributed by atoms with van der Waals surface area (Å²) in [5.41, 5.74) is 1.03. The van der Waals surface area contributed by atoms with E-state index in [0.717, 1.165) is 69.9 Å². The van der Waals surface area contributed by atoms with Gasteiger partial charge in [0, 0.05) is 64.5 Å². The van der Waals surface area contributed by atoms with Crippen molar-refractivity contribution in [3.63, 3.8) is 0 Å². The fourth-order valence-electron chi connectivity index (χ4n) is 4.36. The second kappa shape index (κ2) is 7.52. The molecule has 1 aromatic heterocycles. The highest BCUT2D eigenvalue weighted by atomic mass is 16.5. The molecule has 134 valence electrons.